The minimum atomic E-state index is -4.99. The van der Waals surface area contributed by atoms with Gasteiger partial charge in [-0.05, 0) is 23.8 Å². The minimum absolute atomic E-state index is 0. The summed E-state index contributed by atoms with van der Waals surface area (Å²) >= 11 is 0. The molecular weight excluding hydrogens is 489 g/mol. The van der Waals surface area contributed by atoms with Crippen molar-refractivity contribution in [3.63, 3.8) is 0 Å². The molecule has 1 fully saturated rings. The van der Waals surface area contributed by atoms with Crippen molar-refractivity contribution in [2.24, 2.45) is 0 Å². The lowest BCUT2D eigenvalue weighted by molar-refractivity contribution is -0.275. The molecule has 3 rings (SSSR count). The maximum Gasteiger partial charge on any atom is 0.573 e. The highest BCUT2D eigenvalue weighted by Gasteiger charge is 2.35. The number of benzene rings is 2. The van der Waals surface area contributed by atoms with Gasteiger partial charge in [-0.15, -0.1) is 51.2 Å². The molecule has 1 saturated heterocycles. The Labute approximate surface area is 192 Å². The van der Waals surface area contributed by atoms with Crippen LogP contribution in [-0.4, -0.2) is 48.9 Å². The third-order valence-corrected chi connectivity index (χ3v) is 4.50. The van der Waals surface area contributed by atoms with Gasteiger partial charge in [-0.1, -0.05) is 24.3 Å². The molecule has 1 heterocycles. The van der Waals surface area contributed by atoms with Crippen molar-refractivity contribution in [1.82, 2.24) is 10.2 Å². The van der Waals surface area contributed by atoms with Crippen molar-refractivity contribution in [1.29, 1.82) is 0 Å². The molecule has 5 nitrogen and oxygen atoms in total. The summed E-state index contributed by atoms with van der Waals surface area (Å²) in [7, 11) is 0. The van der Waals surface area contributed by atoms with Crippen LogP contribution < -0.4 is 14.8 Å². The Morgan fingerprint density at radius 3 is 1.94 bits per heavy atom. The molecule has 0 amide bonds. The minimum Gasteiger partial charge on any atom is -0.504 e. The van der Waals surface area contributed by atoms with Crippen LogP contribution >= 0.6 is 24.8 Å². The van der Waals surface area contributed by atoms with Gasteiger partial charge in [0, 0.05) is 31.7 Å². The highest BCUT2D eigenvalue weighted by Crippen LogP contribution is 2.41. The smallest absolute Gasteiger partial charge is 0.504 e. The Bertz CT molecular complexity index is 860. The Kier molecular flexibility index (Phi) is 9.76. The van der Waals surface area contributed by atoms with Gasteiger partial charge < -0.3 is 19.9 Å². The van der Waals surface area contributed by atoms with Crippen LogP contribution in [0.2, 0.25) is 0 Å². The molecule has 32 heavy (non-hydrogen) atoms. The monoisotopic (exact) mass is 508 g/mol. The van der Waals surface area contributed by atoms with Gasteiger partial charge in [-0.3, -0.25) is 4.90 Å². The van der Waals surface area contributed by atoms with E-state index in [1.807, 2.05) is 4.90 Å². The summed E-state index contributed by atoms with van der Waals surface area (Å²) < 4.78 is 83.0. The molecule has 0 radical (unpaired) electrons. The predicted octanol–water partition coefficient (Wildman–Crippen LogP) is 5.03. The largest absolute Gasteiger partial charge is 0.573 e. The number of alkyl halides is 6. The first-order valence-electron chi connectivity index (χ1n) is 8.91. The number of para-hydroxylation sites is 1. The second-order valence-electron chi connectivity index (χ2n) is 6.55. The van der Waals surface area contributed by atoms with Crippen LogP contribution in [0.25, 0.3) is 0 Å². The van der Waals surface area contributed by atoms with Crippen molar-refractivity contribution < 1.29 is 40.9 Å². The number of piperazine rings is 1. The first-order valence-corrected chi connectivity index (χ1v) is 8.91. The van der Waals surface area contributed by atoms with Crippen LogP contribution in [0, 0.1) is 0 Å². The molecule has 2 aromatic rings. The van der Waals surface area contributed by atoms with Gasteiger partial charge >= 0.3 is 12.7 Å². The Morgan fingerprint density at radius 2 is 1.41 bits per heavy atom. The van der Waals surface area contributed by atoms with Crippen molar-refractivity contribution in [3.05, 3.63) is 53.6 Å². The number of phenols is 1. The first kappa shape index (κ1) is 28.0. The molecular formula is C19H20Cl2F6N2O3. The number of phenolic OH excluding ortho intramolecular Hbond substituents is 1. The number of nitrogens with one attached hydrogen (secondary N) is 1. The van der Waals surface area contributed by atoms with Crippen LogP contribution in [0.1, 0.15) is 17.2 Å². The van der Waals surface area contributed by atoms with Crippen molar-refractivity contribution in [3.8, 4) is 17.2 Å². The van der Waals surface area contributed by atoms with Gasteiger partial charge in [0.2, 0.25) is 0 Å². The molecule has 1 aliphatic heterocycles. The van der Waals surface area contributed by atoms with E-state index in [4.69, 9.17) is 0 Å². The predicted molar refractivity (Wildman–Crippen MR) is 109 cm³/mol. The Balaban J connectivity index is 0.00000256. The molecule has 1 atom stereocenters. The van der Waals surface area contributed by atoms with Crippen LogP contribution in [0.15, 0.2) is 42.5 Å². The number of hydrogen-bond acceptors (Lipinski definition) is 5. The molecule has 180 valence electrons. The lowest BCUT2D eigenvalue weighted by Crippen LogP contribution is -2.45. The molecule has 2 N–H and O–H groups in total. The number of ether oxygens (including phenoxy) is 2. The number of rotatable bonds is 5. The van der Waals surface area contributed by atoms with Crippen LogP contribution in [-0.2, 0) is 0 Å². The fourth-order valence-electron chi connectivity index (χ4n) is 3.35. The Morgan fingerprint density at radius 1 is 0.844 bits per heavy atom. The zero-order valence-electron chi connectivity index (χ0n) is 16.2. The van der Waals surface area contributed by atoms with Crippen molar-refractivity contribution in [2.45, 2.75) is 18.8 Å². The second-order valence-corrected chi connectivity index (χ2v) is 6.55. The highest BCUT2D eigenvalue weighted by molar-refractivity contribution is 5.85. The maximum atomic E-state index is 12.7. The van der Waals surface area contributed by atoms with Gasteiger partial charge in [-0.2, -0.15) is 0 Å². The summed E-state index contributed by atoms with van der Waals surface area (Å²) in [5.41, 5.74) is 0.619. The number of nitrogens with zero attached hydrogens (tertiary/aromatic N) is 1. The average Bonchev–Trinajstić information content (AvgIpc) is 2.65. The van der Waals surface area contributed by atoms with Crippen molar-refractivity contribution in [2.75, 3.05) is 26.2 Å². The topological polar surface area (TPSA) is 54.0 Å². The number of halogens is 8. The fourth-order valence-corrected chi connectivity index (χ4v) is 3.35. The van der Waals surface area contributed by atoms with Gasteiger partial charge in [0.25, 0.3) is 0 Å². The van der Waals surface area contributed by atoms with Gasteiger partial charge in [-0.25, -0.2) is 0 Å². The summed E-state index contributed by atoms with van der Waals surface area (Å²) in [5, 5.41) is 13.6. The van der Waals surface area contributed by atoms with Gasteiger partial charge in [0.1, 0.15) is 5.75 Å². The molecule has 1 aliphatic rings. The quantitative estimate of drug-likeness (QED) is 0.555. The lowest BCUT2D eigenvalue weighted by Gasteiger charge is -2.36. The maximum absolute atomic E-state index is 12.7. The zero-order chi connectivity index (χ0) is 21.9. The fraction of sp³-hybridized carbons (Fsp3) is 0.368. The summed E-state index contributed by atoms with van der Waals surface area (Å²) in [6.45, 7) is 2.22. The summed E-state index contributed by atoms with van der Waals surface area (Å²) in [6, 6.07) is 8.04. The highest BCUT2D eigenvalue weighted by atomic mass is 35.5. The second kappa shape index (κ2) is 11.2. The normalized spacial score (nSPS) is 15.8. The molecule has 13 heteroatoms. The molecule has 2 aromatic carbocycles. The number of hydrogen-bond donors (Lipinski definition) is 2. The summed E-state index contributed by atoms with van der Waals surface area (Å²) in [5.74, 6) is -1.87. The van der Waals surface area contributed by atoms with Gasteiger partial charge in [0.15, 0.2) is 11.5 Å². The molecule has 0 spiro atoms. The van der Waals surface area contributed by atoms with Crippen LogP contribution in [0.3, 0.4) is 0 Å². The van der Waals surface area contributed by atoms with Crippen LogP contribution in [0.5, 0.6) is 17.2 Å². The molecule has 0 bridgehead atoms. The summed E-state index contributed by atoms with van der Waals surface area (Å²) in [6.07, 6.45) is -9.84. The van der Waals surface area contributed by atoms with Crippen LogP contribution in [0.4, 0.5) is 26.3 Å². The number of aromatic hydroxyl groups is 1. The van der Waals surface area contributed by atoms with E-state index in [-0.39, 0.29) is 30.4 Å². The lowest BCUT2D eigenvalue weighted by atomic mass is 9.95. The molecule has 0 aliphatic carbocycles. The van der Waals surface area contributed by atoms with E-state index < -0.39 is 36.0 Å². The van der Waals surface area contributed by atoms with E-state index in [0.717, 1.165) is 18.2 Å². The van der Waals surface area contributed by atoms with E-state index >= 15 is 0 Å². The summed E-state index contributed by atoms with van der Waals surface area (Å²) in [4.78, 5) is 1.91. The Hall–Kier alpha value is -2.08. The van der Waals surface area contributed by atoms with E-state index in [1.54, 1.807) is 0 Å². The SMILES string of the molecule is Cl.Cl.Oc1c(OC(F)(F)F)cccc1[C@@H](c1ccc(OC(F)(F)F)cc1)N1CCNCC1. The third-order valence-electron chi connectivity index (χ3n) is 4.50. The first-order chi connectivity index (χ1) is 14.0. The van der Waals surface area contributed by atoms with Gasteiger partial charge in [0.05, 0.1) is 6.04 Å². The van der Waals surface area contributed by atoms with E-state index in [1.165, 1.54) is 24.3 Å². The molecule has 0 unspecified atom stereocenters. The average molecular weight is 509 g/mol. The molecule has 0 aromatic heterocycles. The molecule has 0 saturated carbocycles. The van der Waals surface area contributed by atoms with Crippen molar-refractivity contribution >= 4 is 24.8 Å². The third kappa shape index (κ3) is 7.51. The standard InChI is InChI=1S/C19H18F6N2O3.2ClH/c20-18(21,22)29-13-6-4-12(5-7-13)16(27-10-8-26-9-11-27)14-2-1-3-15(17(14)28)30-19(23,24)25;;/h1-7,16,26,28H,8-11H2;2*1H/t16-;;/m1../s1. The van der Waals surface area contributed by atoms with E-state index in [0.29, 0.717) is 31.7 Å². The van der Waals surface area contributed by atoms with E-state index in [2.05, 4.69) is 14.8 Å². The zero-order valence-corrected chi connectivity index (χ0v) is 17.9. The van der Waals surface area contributed by atoms with E-state index in [9.17, 15) is 31.4 Å².